The van der Waals surface area contributed by atoms with Crippen molar-refractivity contribution in [2.45, 2.75) is 18.9 Å². The smallest absolute Gasteiger partial charge is 0.287 e. The third kappa shape index (κ3) is 2.95. The van der Waals surface area contributed by atoms with E-state index in [4.69, 9.17) is 4.42 Å². The van der Waals surface area contributed by atoms with Crippen molar-refractivity contribution in [1.82, 2.24) is 10.2 Å². The minimum atomic E-state index is -0.109. The predicted molar refractivity (Wildman–Crippen MR) is 92.3 cm³/mol. The predicted octanol–water partition coefficient (Wildman–Crippen LogP) is 3.53. The zero-order chi connectivity index (χ0) is 15.8. The number of carbonyl (C=O) groups excluding carboxylic acids is 1. The Bertz CT molecular complexity index is 719. The average Bonchev–Trinajstić information content (AvgIpc) is 3.06. The summed E-state index contributed by atoms with van der Waals surface area (Å²) in [5.74, 6) is 1.59. The van der Waals surface area contributed by atoms with Crippen LogP contribution in [0.15, 0.2) is 45.3 Å². The molecular formula is C18H19BrN2O2. The fourth-order valence-corrected chi connectivity index (χ4v) is 4.11. The van der Waals surface area contributed by atoms with Crippen molar-refractivity contribution in [3.63, 3.8) is 0 Å². The van der Waals surface area contributed by atoms with Gasteiger partial charge in [-0.25, -0.2) is 0 Å². The van der Waals surface area contributed by atoms with E-state index in [1.807, 2.05) is 30.3 Å². The molecule has 4 heterocycles. The second-order valence-electron chi connectivity index (χ2n) is 6.36. The molecule has 0 radical (unpaired) electrons. The van der Waals surface area contributed by atoms with Gasteiger partial charge in [0.25, 0.3) is 5.91 Å². The Hall–Kier alpha value is -1.59. The molecule has 2 aromatic rings. The van der Waals surface area contributed by atoms with E-state index in [9.17, 15) is 4.79 Å². The van der Waals surface area contributed by atoms with Crippen molar-refractivity contribution in [2.75, 3.05) is 19.6 Å². The highest BCUT2D eigenvalue weighted by molar-refractivity contribution is 9.10. The summed E-state index contributed by atoms with van der Waals surface area (Å²) in [6.45, 7) is 3.31. The summed E-state index contributed by atoms with van der Waals surface area (Å²) in [6, 6.07) is 11.7. The van der Waals surface area contributed by atoms with Crippen LogP contribution < -0.4 is 5.32 Å². The van der Waals surface area contributed by atoms with E-state index >= 15 is 0 Å². The van der Waals surface area contributed by atoms with Gasteiger partial charge in [0.05, 0.1) is 0 Å². The first kappa shape index (κ1) is 15.0. The lowest BCUT2D eigenvalue weighted by Gasteiger charge is -2.44. The van der Waals surface area contributed by atoms with Crippen molar-refractivity contribution in [2.24, 2.45) is 5.92 Å². The van der Waals surface area contributed by atoms with E-state index in [0.29, 0.717) is 17.4 Å². The van der Waals surface area contributed by atoms with Gasteiger partial charge < -0.3 is 14.6 Å². The maximum absolute atomic E-state index is 12.5. The number of piperidine rings is 3. The number of rotatable bonds is 3. The average molecular weight is 375 g/mol. The molecule has 1 N–H and O–H groups in total. The first-order chi connectivity index (χ1) is 11.2. The first-order valence-electron chi connectivity index (χ1n) is 8.08. The zero-order valence-electron chi connectivity index (χ0n) is 12.8. The summed E-state index contributed by atoms with van der Waals surface area (Å²) in [5, 5.41) is 3.16. The third-order valence-corrected chi connectivity index (χ3v) is 5.63. The molecule has 3 saturated heterocycles. The van der Waals surface area contributed by atoms with Gasteiger partial charge in [-0.2, -0.15) is 0 Å². The molecule has 1 amide bonds. The molecule has 2 bridgehead atoms. The number of hydrogen-bond acceptors (Lipinski definition) is 3. The van der Waals surface area contributed by atoms with E-state index in [-0.39, 0.29) is 11.9 Å². The van der Waals surface area contributed by atoms with Gasteiger partial charge >= 0.3 is 0 Å². The molecule has 5 rings (SSSR count). The molecular weight excluding hydrogens is 356 g/mol. The minimum absolute atomic E-state index is 0.109. The lowest BCUT2D eigenvalue weighted by Crippen LogP contribution is -2.57. The molecule has 3 fully saturated rings. The Balaban J connectivity index is 1.48. The van der Waals surface area contributed by atoms with E-state index in [2.05, 4.69) is 26.1 Å². The van der Waals surface area contributed by atoms with Gasteiger partial charge in [-0.15, -0.1) is 0 Å². The normalized spacial score (nSPS) is 26.2. The number of fused-ring (bicyclic) bond motifs is 3. The fraction of sp³-hybridized carbons (Fsp3) is 0.389. The van der Waals surface area contributed by atoms with Crippen molar-refractivity contribution < 1.29 is 9.21 Å². The number of carbonyl (C=O) groups is 1. The summed E-state index contributed by atoms with van der Waals surface area (Å²) in [7, 11) is 0. The number of nitrogens with one attached hydrogen (secondary N) is 1. The van der Waals surface area contributed by atoms with Crippen LogP contribution in [0.25, 0.3) is 11.3 Å². The summed E-state index contributed by atoms with van der Waals surface area (Å²) in [4.78, 5) is 14.9. The van der Waals surface area contributed by atoms with Crippen LogP contribution in [0.1, 0.15) is 23.4 Å². The number of amides is 1. The molecule has 3 aliphatic heterocycles. The molecule has 0 spiro atoms. The van der Waals surface area contributed by atoms with Crippen molar-refractivity contribution in [1.29, 1.82) is 0 Å². The summed E-state index contributed by atoms with van der Waals surface area (Å²) in [6.07, 6.45) is 2.37. The van der Waals surface area contributed by atoms with Crippen molar-refractivity contribution >= 4 is 21.8 Å². The number of furan rings is 1. The second kappa shape index (κ2) is 6.13. The van der Waals surface area contributed by atoms with Gasteiger partial charge in [-0.05, 0) is 50.0 Å². The van der Waals surface area contributed by atoms with Crippen molar-refractivity contribution in [3.8, 4) is 11.3 Å². The SMILES string of the molecule is O=C(NC1CN2CCC1CC2)c1ccc(-c2ccccc2Br)o1. The summed E-state index contributed by atoms with van der Waals surface area (Å²) >= 11 is 3.51. The van der Waals surface area contributed by atoms with E-state index in [1.54, 1.807) is 6.07 Å². The van der Waals surface area contributed by atoms with Gasteiger partial charge in [0.15, 0.2) is 5.76 Å². The molecule has 1 aromatic heterocycles. The maximum Gasteiger partial charge on any atom is 0.287 e. The highest BCUT2D eigenvalue weighted by Crippen LogP contribution is 2.30. The molecule has 4 nitrogen and oxygen atoms in total. The topological polar surface area (TPSA) is 45.5 Å². The van der Waals surface area contributed by atoms with Gasteiger partial charge in [0.2, 0.25) is 0 Å². The summed E-state index contributed by atoms with van der Waals surface area (Å²) < 4.78 is 6.74. The highest BCUT2D eigenvalue weighted by atomic mass is 79.9. The highest BCUT2D eigenvalue weighted by Gasteiger charge is 2.35. The maximum atomic E-state index is 12.5. The molecule has 3 aliphatic rings. The number of nitrogens with zero attached hydrogens (tertiary/aromatic N) is 1. The van der Waals surface area contributed by atoms with Crippen molar-refractivity contribution in [3.05, 3.63) is 46.6 Å². The first-order valence-corrected chi connectivity index (χ1v) is 8.88. The lowest BCUT2D eigenvalue weighted by atomic mass is 9.84. The molecule has 23 heavy (non-hydrogen) atoms. The largest absolute Gasteiger partial charge is 0.451 e. The molecule has 0 aliphatic carbocycles. The Labute approximate surface area is 144 Å². The zero-order valence-corrected chi connectivity index (χ0v) is 14.4. The number of hydrogen-bond donors (Lipinski definition) is 1. The molecule has 120 valence electrons. The molecule has 1 atom stereocenters. The van der Waals surface area contributed by atoms with Gasteiger partial charge in [0, 0.05) is 22.6 Å². The lowest BCUT2D eigenvalue weighted by molar-refractivity contribution is 0.0606. The fourth-order valence-electron chi connectivity index (χ4n) is 3.63. The van der Waals surface area contributed by atoms with Gasteiger partial charge in [-0.1, -0.05) is 34.1 Å². The molecule has 5 heteroatoms. The van der Waals surface area contributed by atoms with Crippen LogP contribution in [0.2, 0.25) is 0 Å². The Morgan fingerprint density at radius 1 is 1.17 bits per heavy atom. The standard InChI is InChI=1S/C18H19BrN2O2/c19-14-4-2-1-3-13(14)16-5-6-17(23-16)18(22)20-15-11-21-9-7-12(15)8-10-21/h1-6,12,15H,7-11H2,(H,20,22). The van der Waals surface area contributed by atoms with Crippen LogP contribution in [0.4, 0.5) is 0 Å². The van der Waals surface area contributed by atoms with E-state index in [1.165, 1.54) is 25.9 Å². The molecule has 0 saturated carbocycles. The number of benzene rings is 1. The van der Waals surface area contributed by atoms with Crippen LogP contribution in [-0.4, -0.2) is 36.5 Å². The van der Waals surface area contributed by atoms with Crippen LogP contribution in [0, 0.1) is 5.92 Å². The monoisotopic (exact) mass is 374 g/mol. The minimum Gasteiger partial charge on any atom is -0.451 e. The molecule has 1 aromatic carbocycles. The van der Waals surface area contributed by atoms with Gasteiger partial charge in [-0.3, -0.25) is 4.79 Å². The van der Waals surface area contributed by atoms with Gasteiger partial charge in [0.1, 0.15) is 5.76 Å². The number of halogens is 1. The Kier molecular flexibility index (Phi) is 3.99. The Morgan fingerprint density at radius 3 is 2.65 bits per heavy atom. The van der Waals surface area contributed by atoms with Crippen LogP contribution in [0.3, 0.4) is 0 Å². The second-order valence-corrected chi connectivity index (χ2v) is 7.22. The summed E-state index contributed by atoms with van der Waals surface area (Å²) in [5.41, 5.74) is 0.953. The van der Waals surface area contributed by atoms with Crippen LogP contribution in [-0.2, 0) is 0 Å². The van der Waals surface area contributed by atoms with E-state index in [0.717, 1.165) is 16.6 Å². The Morgan fingerprint density at radius 2 is 1.96 bits per heavy atom. The third-order valence-electron chi connectivity index (χ3n) is 4.94. The molecule has 1 unspecified atom stereocenters. The van der Waals surface area contributed by atoms with Crippen LogP contribution >= 0.6 is 15.9 Å². The quantitative estimate of drug-likeness (QED) is 0.893. The van der Waals surface area contributed by atoms with Crippen LogP contribution in [0.5, 0.6) is 0 Å². The van der Waals surface area contributed by atoms with E-state index < -0.39 is 0 Å².